The SMILES string of the molecule is CCCN(CCCF)C1COCC1C(=O)O. The summed E-state index contributed by atoms with van der Waals surface area (Å²) in [4.78, 5) is 13.1. The van der Waals surface area contributed by atoms with Crippen LogP contribution < -0.4 is 0 Å². The van der Waals surface area contributed by atoms with Crippen molar-refractivity contribution in [1.82, 2.24) is 4.90 Å². The third kappa shape index (κ3) is 3.42. The predicted molar refractivity (Wildman–Crippen MR) is 58.2 cm³/mol. The first kappa shape index (κ1) is 13.4. The summed E-state index contributed by atoms with van der Waals surface area (Å²) in [6.07, 6.45) is 1.40. The van der Waals surface area contributed by atoms with Gasteiger partial charge in [0.15, 0.2) is 0 Å². The normalized spacial score (nSPS) is 25.2. The van der Waals surface area contributed by atoms with Gasteiger partial charge in [0.25, 0.3) is 0 Å². The van der Waals surface area contributed by atoms with Crippen LogP contribution in [0.1, 0.15) is 19.8 Å². The summed E-state index contributed by atoms with van der Waals surface area (Å²) in [6, 6.07) is -0.0935. The molecule has 16 heavy (non-hydrogen) atoms. The van der Waals surface area contributed by atoms with Crippen molar-refractivity contribution >= 4 is 5.97 Å². The van der Waals surface area contributed by atoms with E-state index in [-0.39, 0.29) is 19.3 Å². The van der Waals surface area contributed by atoms with Crippen molar-refractivity contribution in [2.75, 3.05) is 33.0 Å². The van der Waals surface area contributed by atoms with E-state index < -0.39 is 11.9 Å². The second kappa shape index (κ2) is 6.81. The van der Waals surface area contributed by atoms with Crippen molar-refractivity contribution in [3.8, 4) is 0 Å². The van der Waals surface area contributed by atoms with Crippen LogP contribution >= 0.6 is 0 Å². The second-order valence-corrected chi connectivity index (χ2v) is 4.13. The van der Waals surface area contributed by atoms with Crippen LogP contribution in [-0.2, 0) is 9.53 Å². The van der Waals surface area contributed by atoms with Gasteiger partial charge in [0.1, 0.15) is 0 Å². The first-order valence-corrected chi connectivity index (χ1v) is 5.81. The molecule has 0 radical (unpaired) electrons. The second-order valence-electron chi connectivity index (χ2n) is 4.13. The topological polar surface area (TPSA) is 49.8 Å². The van der Waals surface area contributed by atoms with Crippen LogP contribution in [-0.4, -0.2) is 55.0 Å². The smallest absolute Gasteiger partial charge is 0.310 e. The maximum atomic E-state index is 12.2. The number of carboxylic acids is 1. The van der Waals surface area contributed by atoms with Crippen LogP contribution in [0.15, 0.2) is 0 Å². The summed E-state index contributed by atoms with van der Waals surface area (Å²) < 4.78 is 17.4. The Morgan fingerprint density at radius 1 is 1.50 bits per heavy atom. The Morgan fingerprint density at radius 3 is 2.81 bits per heavy atom. The van der Waals surface area contributed by atoms with Gasteiger partial charge in [0.2, 0.25) is 0 Å². The van der Waals surface area contributed by atoms with Gasteiger partial charge in [-0.25, -0.2) is 0 Å². The highest BCUT2D eigenvalue weighted by molar-refractivity contribution is 5.71. The number of carbonyl (C=O) groups is 1. The molecule has 4 nitrogen and oxygen atoms in total. The minimum absolute atomic E-state index is 0.0935. The lowest BCUT2D eigenvalue weighted by atomic mass is 10.0. The maximum Gasteiger partial charge on any atom is 0.310 e. The van der Waals surface area contributed by atoms with Gasteiger partial charge in [-0.3, -0.25) is 14.1 Å². The molecule has 0 aromatic heterocycles. The summed E-state index contributed by atoms with van der Waals surface area (Å²) >= 11 is 0. The average molecular weight is 233 g/mol. The molecule has 0 amide bonds. The summed E-state index contributed by atoms with van der Waals surface area (Å²) in [6.45, 7) is 3.82. The first-order valence-electron chi connectivity index (χ1n) is 5.81. The number of nitrogens with zero attached hydrogens (tertiary/aromatic N) is 1. The molecule has 1 aliphatic rings. The molecule has 94 valence electrons. The zero-order valence-electron chi connectivity index (χ0n) is 9.69. The number of rotatable bonds is 7. The van der Waals surface area contributed by atoms with Crippen LogP contribution in [0.3, 0.4) is 0 Å². The molecule has 0 saturated carbocycles. The number of carboxylic acid groups (broad SMARTS) is 1. The average Bonchev–Trinajstić information content (AvgIpc) is 2.73. The van der Waals surface area contributed by atoms with Gasteiger partial charge in [-0.2, -0.15) is 0 Å². The molecule has 0 aromatic carbocycles. The van der Waals surface area contributed by atoms with Crippen molar-refractivity contribution < 1.29 is 19.0 Å². The van der Waals surface area contributed by atoms with Crippen LogP contribution in [0.4, 0.5) is 4.39 Å². The Labute approximate surface area is 95.4 Å². The number of halogens is 1. The third-order valence-electron chi connectivity index (χ3n) is 2.93. The number of hydrogen-bond donors (Lipinski definition) is 1. The zero-order chi connectivity index (χ0) is 12.0. The first-order chi connectivity index (χ1) is 7.70. The van der Waals surface area contributed by atoms with Crippen LogP contribution in [0.5, 0.6) is 0 Å². The molecule has 1 fully saturated rings. The number of hydrogen-bond acceptors (Lipinski definition) is 3. The lowest BCUT2D eigenvalue weighted by Crippen LogP contribution is -2.44. The Kier molecular flexibility index (Phi) is 5.69. The Morgan fingerprint density at radius 2 is 2.25 bits per heavy atom. The van der Waals surface area contributed by atoms with E-state index in [4.69, 9.17) is 9.84 Å². The van der Waals surface area contributed by atoms with E-state index in [0.717, 1.165) is 13.0 Å². The highest BCUT2D eigenvalue weighted by atomic mass is 19.1. The molecule has 1 heterocycles. The summed E-state index contributed by atoms with van der Waals surface area (Å²) in [7, 11) is 0. The van der Waals surface area contributed by atoms with Gasteiger partial charge in [-0.15, -0.1) is 0 Å². The van der Waals surface area contributed by atoms with Crippen molar-refractivity contribution in [3.05, 3.63) is 0 Å². The molecule has 0 aliphatic carbocycles. The standard InChI is InChI=1S/C11H20FNO3/c1-2-5-13(6-3-4-12)10-8-16-7-9(10)11(14)15/h9-10H,2-8H2,1H3,(H,14,15). The monoisotopic (exact) mass is 233 g/mol. The molecule has 5 heteroatoms. The van der Waals surface area contributed by atoms with Gasteiger partial charge in [-0.1, -0.05) is 6.92 Å². The molecule has 1 N–H and O–H groups in total. The number of ether oxygens (including phenoxy) is 1. The van der Waals surface area contributed by atoms with Crippen molar-refractivity contribution in [3.63, 3.8) is 0 Å². The maximum absolute atomic E-state index is 12.2. The van der Waals surface area contributed by atoms with Crippen LogP contribution in [0.2, 0.25) is 0 Å². The van der Waals surface area contributed by atoms with E-state index in [1.165, 1.54) is 0 Å². The Bertz CT molecular complexity index is 225. The van der Waals surface area contributed by atoms with Gasteiger partial charge in [0, 0.05) is 12.6 Å². The zero-order valence-corrected chi connectivity index (χ0v) is 9.69. The molecule has 2 unspecified atom stereocenters. The van der Waals surface area contributed by atoms with Crippen LogP contribution in [0, 0.1) is 5.92 Å². The molecular weight excluding hydrogens is 213 g/mol. The molecule has 1 saturated heterocycles. The quantitative estimate of drug-likeness (QED) is 0.717. The Hall–Kier alpha value is -0.680. The van der Waals surface area contributed by atoms with E-state index in [2.05, 4.69) is 0 Å². The predicted octanol–water partition coefficient (Wildman–Crippen LogP) is 1.16. The highest BCUT2D eigenvalue weighted by Gasteiger charge is 2.37. The Balaban J connectivity index is 2.57. The summed E-state index contributed by atoms with van der Waals surface area (Å²) in [5.41, 5.74) is 0. The minimum Gasteiger partial charge on any atom is -0.481 e. The molecular formula is C11H20FNO3. The van der Waals surface area contributed by atoms with Crippen LogP contribution in [0.25, 0.3) is 0 Å². The largest absolute Gasteiger partial charge is 0.481 e. The third-order valence-corrected chi connectivity index (χ3v) is 2.93. The van der Waals surface area contributed by atoms with Gasteiger partial charge in [-0.05, 0) is 19.4 Å². The minimum atomic E-state index is -0.816. The molecule has 0 aromatic rings. The number of alkyl halides is 1. The van der Waals surface area contributed by atoms with Crippen molar-refractivity contribution in [2.24, 2.45) is 5.92 Å². The van der Waals surface area contributed by atoms with E-state index in [0.29, 0.717) is 19.6 Å². The molecule has 0 bridgehead atoms. The van der Waals surface area contributed by atoms with E-state index >= 15 is 0 Å². The molecule has 0 spiro atoms. The molecule has 2 atom stereocenters. The van der Waals surface area contributed by atoms with E-state index in [1.807, 2.05) is 11.8 Å². The molecule has 1 rings (SSSR count). The fraction of sp³-hybridized carbons (Fsp3) is 0.909. The lowest BCUT2D eigenvalue weighted by Gasteiger charge is -2.29. The van der Waals surface area contributed by atoms with Gasteiger partial charge < -0.3 is 9.84 Å². The summed E-state index contributed by atoms with van der Waals surface area (Å²) in [5, 5.41) is 9.05. The number of aliphatic carboxylic acids is 1. The molecule has 1 aliphatic heterocycles. The van der Waals surface area contributed by atoms with E-state index in [1.54, 1.807) is 0 Å². The summed E-state index contributed by atoms with van der Waals surface area (Å²) in [5.74, 6) is -1.28. The fourth-order valence-corrected chi connectivity index (χ4v) is 2.13. The lowest BCUT2D eigenvalue weighted by molar-refractivity contribution is -0.143. The van der Waals surface area contributed by atoms with Gasteiger partial charge >= 0.3 is 5.97 Å². The van der Waals surface area contributed by atoms with Crippen molar-refractivity contribution in [2.45, 2.75) is 25.8 Å². The van der Waals surface area contributed by atoms with Crippen molar-refractivity contribution in [1.29, 1.82) is 0 Å². The van der Waals surface area contributed by atoms with E-state index in [9.17, 15) is 9.18 Å². The highest BCUT2D eigenvalue weighted by Crippen LogP contribution is 2.20. The fourth-order valence-electron chi connectivity index (χ4n) is 2.13. The van der Waals surface area contributed by atoms with Gasteiger partial charge in [0.05, 0.1) is 25.8 Å².